The molecule has 4 heteroatoms. The van der Waals surface area contributed by atoms with Gasteiger partial charge in [0.1, 0.15) is 5.75 Å². The summed E-state index contributed by atoms with van der Waals surface area (Å²) < 4.78 is 4.93. The van der Waals surface area contributed by atoms with Gasteiger partial charge >= 0.3 is 5.97 Å². The molecule has 0 amide bonds. The van der Waals surface area contributed by atoms with Crippen LogP contribution in [-0.2, 0) is 16.0 Å². The molecule has 1 heterocycles. The maximum atomic E-state index is 11.5. The van der Waals surface area contributed by atoms with E-state index in [1.165, 1.54) is 0 Å². The fraction of sp³-hybridized carbons (Fsp3) is 0.308. The number of nitrogens with one attached hydrogen (secondary N) is 1. The number of H-pyrrole nitrogens is 1. The minimum absolute atomic E-state index is 0.196. The van der Waals surface area contributed by atoms with E-state index in [-0.39, 0.29) is 18.1 Å². The van der Waals surface area contributed by atoms with E-state index in [0.29, 0.717) is 6.61 Å². The molecule has 0 aliphatic carbocycles. The number of benzene rings is 1. The van der Waals surface area contributed by atoms with E-state index < -0.39 is 0 Å². The van der Waals surface area contributed by atoms with Gasteiger partial charge in [-0.25, -0.2) is 0 Å². The van der Waals surface area contributed by atoms with E-state index in [0.717, 1.165) is 22.2 Å². The van der Waals surface area contributed by atoms with Crippen LogP contribution in [0.4, 0.5) is 0 Å². The molecule has 1 aromatic carbocycles. The number of hydrogen-bond donors (Lipinski definition) is 2. The third-order valence-electron chi connectivity index (χ3n) is 2.73. The number of aromatic amines is 1. The second-order valence-corrected chi connectivity index (χ2v) is 3.94. The number of rotatable bonds is 3. The molecule has 2 N–H and O–H groups in total. The van der Waals surface area contributed by atoms with Crippen LogP contribution >= 0.6 is 0 Å². The Hall–Kier alpha value is -1.97. The SMILES string of the molecule is CCOC(=O)Cc1c(C)[nH]c2ccc(O)cc12. The van der Waals surface area contributed by atoms with Gasteiger partial charge in [0.15, 0.2) is 0 Å². The van der Waals surface area contributed by atoms with Crippen molar-refractivity contribution in [2.75, 3.05) is 6.61 Å². The van der Waals surface area contributed by atoms with Crippen LogP contribution in [0.1, 0.15) is 18.2 Å². The van der Waals surface area contributed by atoms with E-state index in [4.69, 9.17) is 4.74 Å². The second-order valence-electron chi connectivity index (χ2n) is 3.94. The average molecular weight is 233 g/mol. The monoisotopic (exact) mass is 233 g/mol. The summed E-state index contributed by atoms with van der Waals surface area (Å²) in [4.78, 5) is 14.7. The summed E-state index contributed by atoms with van der Waals surface area (Å²) in [6.07, 6.45) is 0.225. The van der Waals surface area contributed by atoms with Crippen LogP contribution in [0.3, 0.4) is 0 Å². The van der Waals surface area contributed by atoms with Crippen LogP contribution in [0, 0.1) is 6.92 Å². The highest BCUT2D eigenvalue weighted by molar-refractivity contribution is 5.89. The van der Waals surface area contributed by atoms with Gasteiger partial charge in [0.2, 0.25) is 0 Å². The van der Waals surface area contributed by atoms with Gasteiger partial charge in [0, 0.05) is 16.6 Å². The van der Waals surface area contributed by atoms with Crippen molar-refractivity contribution in [3.8, 4) is 5.75 Å². The molecule has 1 aromatic heterocycles. The Balaban J connectivity index is 2.41. The third-order valence-corrected chi connectivity index (χ3v) is 2.73. The van der Waals surface area contributed by atoms with Crippen LogP contribution < -0.4 is 0 Å². The molecule has 0 unspecified atom stereocenters. The molecule has 2 rings (SSSR count). The molecule has 0 aliphatic rings. The van der Waals surface area contributed by atoms with Gasteiger partial charge in [-0.05, 0) is 37.6 Å². The number of esters is 1. The lowest BCUT2D eigenvalue weighted by molar-refractivity contribution is -0.142. The Morgan fingerprint density at radius 3 is 2.94 bits per heavy atom. The van der Waals surface area contributed by atoms with Gasteiger partial charge < -0.3 is 14.8 Å². The molecule has 0 atom stereocenters. The standard InChI is InChI=1S/C13H15NO3/c1-3-17-13(16)7-10-8(2)14-12-5-4-9(15)6-11(10)12/h4-6,14-15H,3,7H2,1-2H3. The van der Waals surface area contributed by atoms with Gasteiger partial charge in [-0.1, -0.05) is 0 Å². The lowest BCUT2D eigenvalue weighted by atomic mass is 10.1. The molecule has 0 saturated carbocycles. The van der Waals surface area contributed by atoms with E-state index in [9.17, 15) is 9.90 Å². The highest BCUT2D eigenvalue weighted by atomic mass is 16.5. The summed E-state index contributed by atoms with van der Waals surface area (Å²) in [5, 5.41) is 10.3. The summed E-state index contributed by atoms with van der Waals surface area (Å²) in [6.45, 7) is 4.07. The van der Waals surface area contributed by atoms with Crippen LogP contribution in [0.5, 0.6) is 5.75 Å². The molecular weight excluding hydrogens is 218 g/mol. The van der Waals surface area contributed by atoms with Crippen LogP contribution in [0.2, 0.25) is 0 Å². The zero-order valence-corrected chi connectivity index (χ0v) is 9.91. The molecule has 2 aromatic rings. The molecule has 0 bridgehead atoms. The predicted molar refractivity (Wildman–Crippen MR) is 65.0 cm³/mol. The Bertz CT molecular complexity index is 557. The van der Waals surface area contributed by atoms with E-state index in [2.05, 4.69) is 4.98 Å². The molecule has 0 aliphatic heterocycles. The van der Waals surface area contributed by atoms with Crippen LogP contribution in [-0.4, -0.2) is 22.7 Å². The highest BCUT2D eigenvalue weighted by Crippen LogP contribution is 2.26. The molecule has 4 nitrogen and oxygen atoms in total. The van der Waals surface area contributed by atoms with Crippen LogP contribution in [0.15, 0.2) is 18.2 Å². The maximum absolute atomic E-state index is 11.5. The van der Waals surface area contributed by atoms with Crippen molar-refractivity contribution < 1.29 is 14.6 Å². The fourth-order valence-electron chi connectivity index (χ4n) is 1.95. The number of ether oxygens (including phenoxy) is 1. The van der Waals surface area contributed by atoms with Crippen molar-refractivity contribution in [2.45, 2.75) is 20.3 Å². The molecular formula is C13H15NO3. The first-order valence-electron chi connectivity index (χ1n) is 5.57. The lowest BCUT2D eigenvalue weighted by Crippen LogP contribution is -2.07. The summed E-state index contributed by atoms with van der Waals surface area (Å²) in [7, 11) is 0. The summed E-state index contributed by atoms with van der Waals surface area (Å²) in [5.41, 5.74) is 2.73. The molecule has 0 saturated heterocycles. The number of fused-ring (bicyclic) bond motifs is 1. The number of aromatic nitrogens is 1. The Morgan fingerprint density at radius 2 is 2.24 bits per heavy atom. The fourth-order valence-corrected chi connectivity index (χ4v) is 1.95. The number of carbonyl (C=O) groups excluding carboxylic acids is 1. The Labute approximate surface area is 99.2 Å². The topological polar surface area (TPSA) is 62.3 Å². The van der Waals surface area contributed by atoms with Crippen molar-refractivity contribution in [1.29, 1.82) is 0 Å². The minimum atomic E-state index is -0.250. The Morgan fingerprint density at radius 1 is 1.47 bits per heavy atom. The van der Waals surface area contributed by atoms with E-state index in [1.54, 1.807) is 25.1 Å². The number of aryl methyl sites for hydroxylation is 1. The van der Waals surface area contributed by atoms with Crippen molar-refractivity contribution in [1.82, 2.24) is 4.98 Å². The number of hydrogen-bond acceptors (Lipinski definition) is 3. The molecule has 0 radical (unpaired) electrons. The molecule has 0 fully saturated rings. The summed E-state index contributed by atoms with van der Waals surface area (Å²) in [6, 6.07) is 5.08. The second kappa shape index (κ2) is 4.49. The lowest BCUT2D eigenvalue weighted by Gasteiger charge is -2.02. The Kier molecular flexibility index (Phi) is 3.04. The highest BCUT2D eigenvalue weighted by Gasteiger charge is 2.13. The maximum Gasteiger partial charge on any atom is 0.310 e. The number of phenols is 1. The first kappa shape index (κ1) is 11.5. The van der Waals surface area contributed by atoms with Crippen molar-refractivity contribution in [2.24, 2.45) is 0 Å². The van der Waals surface area contributed by atoms with Crippen molar-refractivity contribution in [3.63, 3.8) is 0 Å². The molecule has 0 spiro atoms. The first-order valence-corrected chi connectivity index (χ1v) is 5.57. The van der Waals surface area contributed by atoms with Gasteiger partial charge in [-0.15, -0.1) is 0 Å². The zero-order valence-electron chi connectivity index (χ0n) is 9.91. The first-order chi connectivity index (χ1) is 8.11. The van der Waals surface area contributed by atoms with E-state index in [1.807, 2.05) is 6.92 Å². The van der Waals surface area contributed by atoms with Crippen LogP contribution in [0.25, 0.3) is 10.9 Å². The summed E-state index contributed by atoms with van der Waals surface area (Å²) in [5.74, 6) is -0.0542. The van der Waals surface area contributed by atoms with E-state index >= 15 is 0 Å². The van der Waals surface area contributed by atoms with Gasteiger partial charge in [-0.2, -0.15) is 0 Å². The zero-order chi connectivity index (χ0) is 12.4. The molecule has 17 heavy (non-hydrogen) atoms. The number of phenolic OH excluding ortho intramolecular Hbond substituents is 1. The van der Waals surface area contributed by atoms with Crippen molar-refractivity contribution in [3.05, 3.63) is 29.5 Å². The smallest absolute Gasteiger partial charge is 0.310 e. The number of aromatic hydroxyl groups is 1. The number of carbonyl (C=O) groups is 1. The largest absolute Gasteiger partial charge is 0.508 e. The molecule has 90 valence electrons. The normalized spacial score (nSPS) is 10.7. The van der Waals surface area contributed by atoms with Gasteiger partial charge in [-0.3, -0.25) is 4.79 Å². The average Bonchev–Trinajstić information content (AvgIpc) is 2.56. The van der Waals surface area contributed by atoms with Gasteiger partial charge in [0.05, 0.1) is 13.0 Å². The quantitative estimate of drug-likeness (QED) is 0.799. The van der Waals surface area contributed by atoms with Gasteiger partial charge in [0.25, 0.3) is 0 Å². The predicted octanol–water partition coefficient (Wildman–Crippen LogP) is 2.29. The minimum Gasteiger partial charge on any atom is -0.508 e. The third kappa shape index (κ3) is 2.25. The van der Waals surface area contributed by atoms with Crippen molar-refractivity contribution >= 4 is 16.9 Å². The summed E-state index contributed by atoms with van der Waals surface area (Å²) >= 11 is 0.